The Balaban J connectivity index is 1.79. The topological polar surface area (TPSA) is 45.6 Å². The first-order valence-corrected chi connectivity index (χ1v) is 6.91. The van der Waals surface area contributed by atoms with Crippen LogP contribution in [0.5, 0.6) is 0 Å². The molecule has 0 saturated heterocycles. The van der Waals surface area contributed by atoms with Gasteiger partial charge in [-0.2, -0.15) is 5.10 Å². The molecule has 0 aliphatic heterocycles. The largest absolute Gasteiger partial charge is 0.346 e. The van der Waals surface area contributed by atoms with Gasteiger partial charge in [0.1, 0.15) is 0 Å². The summed E-state index contributed by atoms with van der Waals surface area (Å²) in [6.07, 6.45) is 1.89. The molecule has 20 heavy (non-hydrogen) atoms. The molecule has 2 aromatic heterocycles. The lowest BCUT2D eigenvalue weighted by Gasteiger charge is -2.07. The fourth-order valence-corrected chi connectivity index (χ4v) is 2.76. The number of hydrogen-bond acceptors (Lipinski definition) is 2. The molecule has 0 amide bonds. The molecule has 3 rings (SSSR count). The maximum absolute atomic E-state index is 4.05. The smallest absolute Gasteiger partial charge is 0.0535 e. The highest BCUT2D eigenvalue weighted by Crippen LogP contribution is 2.24. The van der Waals surface area contributed by atoms with Crippen molar-refractivity contribution in [1.82, 2.24) is 20.1 Å². The lowest BCUT2D eigenvalue weighted by Crippen LogP contribution is -2.15. The molecule has 104 valence electrons. The molecule has 2 N–H and O–H groups in total. The van der Waals surface area contributed by atoms with Crippen LogP contribution in [0.4, 0.5) is 0 Å². The maximum Gasteiger partial charge on any atom is 0.0535 e. The third kappa shape index (κ3) is 2.12. The predicted octanol–water partition coefficient (Wildman–Crippen LogP) is 2.81. The molecule has 3 aromatic rings. The molecule has 0 atom stereocenters. The van der Waals surface area contributed by atoms with Crippen LogP contribution in [0.1, 0.15) is 22.5 Å². The van der Waals surface area contributed by atoms with Gasteiger partial charge in [-0.3, -0.25) is 5.10 Å². The second-order valence-corrected chi connectivity index (χ2v) is 5.27. The first-order valence-electron chi connectivity index (χ1n) is 6.91. The molecule has 0 saturated carbocycles. The monoisotopic (exact) mass is 268 g/mol. The molecule has 0 aliphatic rings. The first kappa shape index (κ1) is 12.9. The van der Waals surface area contributed by atoms with Crippen molar-refractivity contribution in [3.63, 3.8) is 0 Å². The summed E-state index contributed by atoms with van der Waals surface area (Å²) in [5.74, 6) is 0. The summed E-state index contributed by atoms with van der Waals surface area (Å²) in [6.45, 7) is 5.94. The lowest BCUT2D eigenvalue weighted by atomic mass is 10.1. The molecule has 4 nitrogen and oxygen atoms in total. The number of rotatable bonds is 4. The van der Waals surface area contributed by atoms with Gasteiger partial charge < -0.3 is 9.88 Å². The highest BCUT2D eigenvalue weighted by atomic mass is 15.1. The molecule has 0 unspecified atom stereocenters. The number of nitrogens with zero attached hydrogens (tertiary/aromatic N) is 2. The zero-order valence-corrected chi connectivity index (χ0v) is 12.2. The SMILES string of the molecule is Cc1[nH]ncc1CNCc1c(C)c2ccccc2n1C. The fraction of sp³-hybridized carbons (Fsp3) is 0.312. The summed E-state index contributed by atoms with van der Waals surface area (Å²) in [5.41, 5.74) is 6.35. The van der Waals surface area contributed by atoms with Crippen molar-refractivity contribution in [1.29, 1.82) is 0 Å². The van der Waals surface area contributed by atoms with Gasteiger partial charge in [0, 0.05) is 48.0 Å². The maximum atomic E-state index is 4.05. The Bertz CT molecular complexity index is 697. The molecule has 0 radical (unpaired) electrons. The average Bonchev–Trinajstić information content (AvgIpc) is 2.97. The van der Waals surface area contributed by atoms with Gasteiger partial charge in [-0.1, -0.05) is 18.2 Å². The summed E-state index contributed by atoms with van der Waals surface area (Å²) < 4.78 is 2.28. The number of aromatic amines is 1. The van der Waals surface area contributed by atoms with Gasteiger partial charge in [0.2, 0.25) is 0 Å². The minimum absolute atomic E-state index is 0.837. The van der Waals surface area contributed by atoms with Gasteiger partial charge in [0.15, 0.2) is 0 Å². The van der Waals surface area contributed by atoms with E-state index < -0.39 is 0 Å². The quantitative estimate of drug-likeness (QED) is 0.764. The molecule has 4 heteroatoms. The Hall–Kier alpha value is -2.07. The van der Waals surface area contributed by atoms with Gasteiger partial charge in [-0.05, 0) is 25.5 Å². The van der Waals surface area contributed by atoms with E-state index in [-0.39, 0.29) is 0 Å². The van der Waals surface area contributed by atoms with Gasteiger partial charge in [-0.15, -0.1) is 0 Å². The zero-order valence-electron chi connectivity index (χ0n) is 12.2. The molecule has 0 bridgehead atoms. The standard InChI is InChI=1S/C16H20N4/c1-11-14-6-4-5-7-15(14)20(3)16(11)10-17-8-13-9-18-19-12(13)2/h4-7,9,17H,8,10H2,1-3H3,(H,18,19). The molecule has 1 aromatic carbocycles. The van der Waals surface area contributed by atoms with E-state index in [1.807, 2.05) is 13.1 Å². The van der Waals surface area contributed by atoms with E-state index in [9.17, 15) is 0 Å². The lowest BCUT2D eigenvalue weighted by molar-refractivity contribution is 0.655. The number of para-hydroxylation sites is 1. The third-order valence-corrected chi connectivity index (χ3v) is 4.05. The normalized spacial score (nSPS) is 11.3. The molecule has 0 fully saturated rings. The van der Waals surface area contributed by atoms with Crippen molar-refractivity contribution in [2.45, 2.75) is 26.9 Å². The Labute approximate surface area is 118 Å². The number of benzene rings is 1. The number of hydrogen-bond donors (Lipinski definition) is 2. The number of nitrogens with one attached hydrogen (secondary N) is 2. The Kier molecular flexibility index (Phi) is 3.32. The van der Waals surface area contributed by atoms with Crippen molar-refractivity contribution in [3.8, 4) is 0 Å². The minimum atomic E-state index is 0.837. The van der Waals surface area contributed by atoms with E-state index in [2.05, 4.69) is 58.3 Å². The van der Waals surface area contributed by atoms with E-state index in [0.717, 1.165) is 18.8 Å². The van der Waals surface area contributed by atoms with Crippen molar-refractivity contribution < 1.29 is 0 Å². The molecule has 0 aliphatic carbocycles. The Morgan fingerprint density at radius 3 is 2.70 bits per heavy atom. The van der Waals surface area contributed by atoms with Crippen LogP contribution in [0.3, 0.4) is 0 Å². The van der Waals surface area contributed by atoms with Gasteiger partial charge in [0.25, 0.3) is 0 Å². The van der Waals surface area contributed by atoms with Gasteiger partial charge in [-0.25, -0.2) is 0 Å². The van der Waals surface area contributed by atoms with Crippen LogP contribution in [-0.4, -0.2) is 14.8 Å². The molecular weight excluding hydrogens is 248 g/mol. The van der Waals surface area contributed by atoms with Crippen molar-refractivity contribution in [3.05, 3.63) is 53.0 Å². The Morgan fingerprint density at radius 1 is 1.20 bits per heavy atom. The van der Waals surface area contributed by atoms with Gasteiger partial charge >= 0.3 is 0 Å². The summed E-state index contributed by atoms with van der Waals surface area (Å²) in [5, 5.41) is 11.9. The van der Waals surface area contributed by atoms with Crippen LogP contribution in [0.25, 0.3) is 10.9 Å². The highest BCUT2D eigenvalue weighted by molar-refractivity contribution is 5.85. The molecular formula is C16H20N4. The third-order valence-electron chi connectivity index (χ3n) is 4.05. The summed E-state index contributed by atoms with van der Waals surface area (Å²) >= 11 is 0. The van der Waals surface area contributed by atoms with E-state index in [1.54, 1.807) is 0 Å². The van der Waals surface area contributed by atoms with E-state index in [1.165, 1.54) is 27.7 Å². The molecule has 0 spiro atoms. The number of aromatic nitrogens is 3. The zero-order chi connectivity index (χ0) is 14.1. The number of fused-ring (bicyclic) bond motifs is 1. The Morgan fingerprint density at radius 2 is 2.00 bits per heavy atom. The number of aryl methyl sites for hydroxylation is 3. The first-order chi connectivity index (χ1) is 9.68. The van der Waals surface area contributed by atoms with Crippen LogP contribution in [-0.2, 0) is 20.1 Å². The second-order valence-electron chi connectivity index (χ2n) is 5.27. The summed E-state index contributed by atoms with van der Waals surface area (Å²) in [7, 11) is 2.13. The van der Waals surface area contributed by atoms with Crippen LogP contribution >= 0.6 is 0 Å². The van der Waals surface area contributed by atoms with Crippen molar-refractivity contribution in [2.75, 3.05) is 0 Å². The van der Waals surface area contributed by atoms with E-state index in [4.69, 9.17) is 0 Å². The highest BCUT2D eigenvalue weighted by Gasteiger charge is 2.10. The van der Waals surface area contributed by atoms with Crippen LogP contribution < -0.4 is 5.32 Å². The minimum Gasteiger partial charge on any atom is -0.346 e. The van der Waals surface area contributed by atoms with Gasteiger partial charge in [0.05, 0.1) is 6.20 Å². The van der Waals surface area contributed by atoms with Crippen molar-refractivity contribution >= 4 is 10.9 Å². The van der Waals surface area contributed by atoms with Crippen LogP contribution in [0.15, 0.2) is 30.5 Å². The number of H-pyrrole nitrogens is 1. The van der Waals surface area contributed by atoms with Crippen LogP contribution in [0.2, 0.25) is 0 Å². The molecule has 2 heterocycles. The average molecular weight is 268 g/mol. The second kappa shape index (κ2) is 5.13. The predicted molar refractivity (Wildman–Crippen MR) is 81.5 cm³/mol. The fourth-order valence-electron chi connectivity index (χ4n) is 2.76. The van der Waals surface area contributed by atoms with E-state index >= 15 is 0 Å². The van der Waals surface area contributed by atoms with E-state index in [0.29, 0.717) is 0 Å². The summed E-state index contributed by atoms with van der Waals surface area (Å²) in [4.78, 5) is 0. The van der Waals surface area contributed by atoms with Crippen molar-refractivity contribution in [2.24, 2.45) is 7.05 Å². The summed E-state index contributed by atoms with van der Waals surface area (Å²) in [6, 6.07) is 8.55. The van der Waals surface area contributed by atoms with Crippen LogP contribution in [0, 0.1) is 13.8 Å².